The number of piperidine rings is 1. The Balaban J connectivity index is 1.70. The quantitative estimate of drug-likeness (QED) is 0.816. The van der Waals surface area contributed by atoms with Crippen LogP contribution in [-0.2, 0) is 10.0 Å². The fourth-order valence-electron chi connectivity index (χ4n) is 4.22. The third kappa shape index (κ3) is 4.51. The van der Waals surface area contributed by atoms with Gasteiger partial charge < -0.3 is 4.90 Å². The van der Waals surface area contributed by atoms with E-state index in [9.17, 15) is 8.42 Å². The van der Waals surface area contributed by atoms with Crippen molar-refractivity contribution in [2.75, 3.05) is 30.8 Å². The maximum Gasteiger partial charge on any atom is 0.211 e. The monoisotopic (exact) mass is 350 g/mol. The van der Waals surface area contributed by atoms with E-state index in [0.29, 0.717) is 19.1 Å². The predicted molar refractivity (Wildman–Crippen MR) is 99.8 cm³/mol. The highest BCUT2D eigenvalue weighted by Crippen LogP contribution is 2.30. The van der Waals surface area contributed by atoms with Gasteiger partial charge in [0.2, 0.25) is 10.0 Å². The van der Waals surface area contributed by atoms with Crippen molar-refractivity contribution in [3.63, 3.8) is 0 Å². The van der Waals surface area contributed by atoms with Crippen LogP contribution in [0.5, 0.6) is 0 Å². The lowest BCUT2D eigenvalue weighted by atomic mass is 9.88. The first-order chi connectivity index (χ1) is 11.5. The second-order valence-electron chi connectivity index (χ2n) is 7.39. The molecule has 1 aliphatic carbocycles. The van der Waals surface area contributed by atoms with Gasteiger partial charge in [-0.2, -0.15) is 0 Å². The molecule has 0 N–H and O–H groups in total. The van der Waals surface area contributed by atoms with Gasteiger partial charge in [0.1, 0.15) is 0 Å². The fraction of sp³-hybridized carbons (Fsp3) is 0.684. The van der Waals surface area contributed by atoms with Gasteiger partial charge in [-0.3, -0.25) is 0 Å². The summed E-state index contributed by atoms with van der Waals surface area (Å²) in [6.45, 7) is 2.42. The third-order valence-electron chi connectivity index (χ3n) is 5.60. The van der Waals surface area contributed by atoms with Gasteiger partial charge in [0.05, 0.1) is 6.26 Å². The molecular formula is C19H30N2O2S. The van der Waals surface area contributed by atoms with E-state index in [0.717, 1.165) is 25.3 Å². The van der Waals surface area contributed by atoms with E-state index in [1.165, 1.54) is 44.0 Å². The number of sulfonamides is 1. The van der Waals surface area contributed by atoms with Crippen LogP contribution in [0.15, 0.2) is 30.3 Å². The summed E-state index contributed by atoms with van der Waals surface area (Å²) in [5, 5.41) is 0. The molecule has 134 valence electrons. The summed E-state index contributed by atoms with van der Waals surface area (Å²) in [6, 6.07) is 11.1. The minimum Gasteiger partial charge on any atom is -0.368 e. The van der Waals surface area contributed by atoms with E-state index in [1.807, 2.05) is 0 Å². The summed E-state index contributed by atoms with van der Waals surface area (Å²) >= 11 is 0. The molecule has 3 rings (SSSR count). The van der Waals surface area contributed by atoms with Crippen LogP contribution in [0.4, 0.5) is 5.69 Å². The van der Waals surface area contributed by atoms with Gasteiger partial charge in [0, 0.05) is 31.4 Å². The average Bonchev–Trinajstić information content (AvgIpc) is 2.61. The van der Waals surface area contributed by atoms with Gasteiger partial charge in [-0.25, -0.2) is 12.7 Å². The first-order valence-electron chi connectivity index (χ1n) is 9.31. The molecule has 0 radical (unpaired) electrons. The summed E-state index contributed by atoms with van der Waals surface area (Å²) in [6.07, 6.45) is 9.96. The minimum absolute atomic E-state index is 0.451. The molecule has 0 unspecified atom stereocenters. The Labute approximate surface area is 146 Å². The Morgan fingerprint density at radius 2 is 1.62 bits per heavy atom. The van der Waals surface area contributed by atoms with Gasteiger partial charge in [0.25, 0.3) is 0 Å². The first-order valence-corrected chi connectivity index (χ1v) is 11.2. The summed E-state index contributed by atoms with van der Waals surface area (Å²) in [4.78, 5) is 2.57. The molecule has 2 fully saturated rings. The van der Waals surface area contributed by atoms with E-state index < -0.39 is 10.0 Å². The van der Waals surface area contributed by atoms with E-state index in [-0.39, 0.29) is 0 Å². The van der Waals surface area contributed by atoms with E-state index in [4.69, 9.17) is 0 Å². The molecule has 0 atom stereocenters. The number of hydrogen-bond donors (Lipinski definition) is 0. The van der Waals surface area contributed by atoms with Crippen molar-refractivity contribution in [3.05, 3.63) is 30.3 Å². The Morgan fingerprint density at radius 1 is 1.00 bits per heavy atom. The summed E-state index contributed by atoms with van der Waals surface area (Å²) in [5.41, 5.74) is 1.29. The van der Waals surface area contributed by atoms with Crippen LogP contribution >= 0.6 is 0 Å². The topological polar surface area (TPSA) is 40.6 Å². The molecule has 0 aromatic heterocycles. The maximum absolute atomic E-state index is 11.8. The number of anilines is 1. The number of benzene rings is 1. The van der Waals surface area contributed by atoms with Crippen molar-refractivity contribution in [3.8, 4) is 0 Å². The Kier molecular flexibility index (Phi) is 5.82. The summed E-state index contributed by atoms with van der Waals surface area (Å²) < 4.78 is 25.2. The molecule has 5 heteroatoms. The van der Waals surface area contributed by atoms with Gasteiger partial charge >= 0.3 is 0 Å². The molecule has 0 amide bonds. The Bertz CT molecular complexity index is 604. The highest BCUT2D eigenvalue weighted by Gasteiger charge is 2.30. The first kappa shape index (κ1) is 17.7. The normalized spacial score (nSPS) is 21.7. The number of rotatable bonds is 5. The van der Waals surface area contributed by atoms with Crippen LogP contribution in [0, 0.1) is 5.92 Å². The van der Waals surface area contributed by atoms with Crippen molar-refractivity contribution in [2.45, 2.75) is 51.0 Å². The minimum atomic E-state index is -3.05. The van der Waals surface area contributed by atoms with E-state index in [2.05, 4.69) is 35.2 Å². The van der Waals surface area contributed by atoms with Crippen molar-refractivity contribution < 1.29 is 8.42 Å². The Hall–Kier alpha value is -1.07. The SMILES string of the molecule is CS(=O)(=O)N1CCC(N(CC2CCCCC2)c2ccccc2)CC1. The molecule has 1 aromatic carbocycles. The van der Waals surface area contributed by atoms with Gasteiger partial charge in [0.15, 0.2) is 0 Å². The second kappa shape index (κ2) is 7.87. The Morgan fingerprint density at radius 3 is 2.21 bits per heavy atom. The number of nitrogens with zero attached hydrogens (tertiary/aromatic N) is 2. The van der Waals surface area contributed by atoms with Crippen LogP contribution in [0.3, 0.4) is 0 Å². The smallest absolute Gasteiger partial charge is 0.211 e. The van der Waals surface area contributed by atoms with Crippen LogP contribution in [0.1, 0.15) is 44.9 Å². The molecule has 1 saturated carbocycles. The van der Waals surface area contributed by atoms with Gasteiger partial charge in [-0.05, 0) is 43.7 Å². The number of para-hydroxylation sites is 1. The third-order valence-corrected chi connectivity index (χ3v) is 6.90. The number of hydrogen-bond acceptors (Lipinski definition) is 3. The van der Waals surface area contributed by atoms with Crippen molar-refractivity contribution in [2.24, 2.45) is 5.92 Å². The lowest BCUT2D eigenvalue weighted by Gasteiger charge is -2.41. The molecule has 2 aliphatic rings. The second-order valence-corrected chi connectivity index (χ2v) is 9.37. The lowest BCUT2D eigenvalue weighted by molar-refractivity contribution is 0.291. The van der Waals surface area contributed by atoms with Gasteiger partial charge in [-0.1, -0.05) is 37.5 Å². The molecule has 0 spiro atoms. The van der Waals surface area contributed by atoms with Crippen LogP contribution in [0.2, 0.25) is 0 Å². The molecule has 1 heterocycles. The van der Waals surface area contributed by atoms with Crippen LogP contribution in [0.25, 0.3) is 0 Å². The maximum atomic E-state index is 11.8. The van der Waals surface area contributed by atoms with Gasteiger partial charge in [-0.15, -0.1) is 0 Å². The van der Waals surface area contributed by atoms with E-state index in [1.54, 1.807) is 4.31 Å². The fourth-order valence-corrected chi connectivity index (χ4v) is 5.09. The molecule has 1 saturated heterocycles. The highest BCUT2D eigenvalue weighted by atomic mass is 32.2. The average molecular weight is 351 g/mol. The van der Waals surface area contributed by atoms with Crippen molar-refractivity contribution in [1.82, 2.24) is 4.31 Å². The molecule has 24 heavy (non-hydrogen) atoms. The largest absolute Gasteiger partial charge is 0.368 e. The molecule has 1 aliphatic heterocycles. The zero-order valence-electron chi connectivity index (χ0n) is 14.7. The molecule has 0 bridgehead atoms. The molecule has 1 aromatic rings. The molecule has 4 nitrogen and oxygen atoms in total. The van der Waals surface area contributed by atoms with Crippen LogP contribution < -0.4 is 4.90 Å². The molecular weight excluding hydrogens is 320 g/mol. The lowest BCUT2D eigenvalue weighted by Crippen LogP contribution is -2.48. The van der Waals surface area contributed by atoms with Crippen molar-refractivity contribution in [1.29, 1.82) is 0 Å². The van der Waals surface area contributed by atoms with Crippen molar-refractivity contribution >= 4 is 15.7 Å². The zero-order valence-corrected chi connectivity index (χ0v) is 15.5. The summed E-state index contributed by atoms with van der Waals surface area (Å²) in [5.74, 6) is 0.784. The predicted octanol–water partition coefficient (Wildman–Crippen LogP) is 3.50. The summed E-state index contributed by atoms with van der Waals surface area (Å²) in [7, 11) is -3.05. The van der Waals surface area contributed by atoms with E-state index >= 15 is 0 Å². The zero-order chi connectivity index (χ0) is 17.0. The standard InChI is InChI=1S/C19H30N2O2S/c1-24(22,23)20-14-12-19(13-15-20)21(18-10-6-3-7-11-18)16-17-8-4-2-5-9-17/h3,6-7,10-11,17,19H,2,4-5,8-9,12-16H2,1H3. The van der Waals surface area contributed by atoms with Crippen LogP contribution in [-0.4, -0.2) is 44.7 Å². The highest BCUT2D eigenvalue weighted by molar-refractivity contribution is 7.88.